The molecule has 0 aliphatic heterocycles. The predicted molar refractivity (Wildman–Crippen MR) is 83.3 cm³/mol. The van der Waals surface area contributed by atoms with E-state index in [0.717, 1.165) is 6.07 Å². The van der Waals surface area contributed by atoms with E-state index < -0.39 is 24.3 Å². The van der Waals surface area contributed by atoms with E-state index in [2.05, 4.69) is 5.32 Å². The predicted octanol–water partition coefficient (Wildman–Crippen LogP) is 3.28. The molecule has 7 heteroatoms. The highest BCUT2D eigenvalue weighted by atomic mass is 35.5. The van der Waals surface area contributed by atoms with Crippen LogP contribution in [0.3, 0.4) is 0 Å². The van der Waals surface area contributed by atoms with Gasteiger partial charge in [0.1, 0.15) is 11.6 Å². The summed E-state index contributed by atoms with van der Waals surface area (Å²) in [5.74, 6) is -1.41. The van der Waals surface area contributed by atoms with E-state index in [1.54, 1.807) is 12.1 Å². The van der Waals surface area contributed by atoms with Crippen LogP contribution in [0, 0.1) is 5.82 Å². The Morgan fingerprint density at radius 1 is 1.22 bits per heavy atom. The Labute approximate surface area is 137 Å². The lowest BCUT2D eigenvalue weighted by Gasteiger charge is -2.08. The maximum Gasteiger partial charge on any atom is 0.338 e. The molecular weight excluding hydrogens is 325 g/mol. The van der Waals surface area contributed by atoms with E-state index in [1.807, 2.05) is 0 Å². The number of amides is 1. The van der Waals surface area contributed by atoms with Crippen molar-refractivity contribution >= 4 is 29.2 Å². The maximum atomic E-state index is 13.0. The molecule has 1 N–H and O–H groups in total. The molecule has 0 saturated heterocycles. The number of nitrogens with one attached hydrogen (secondary N) is 1. The summed E-state index contributed by atoms with van der Waals surface area (Å²) >= 11 is 5.94. The van der Waals surface area contributed by atoms with Crippen LogP contribution in [0.15, 0.2) is 42.5 Å². The molecule has 120 valence electrons. The van der Waals surface area contributed by atoms with Gasteiger partial charge in [0.05, 0.1) is 17.7 Å². The highest BCUT2D eigenvalue weighted by Gasteiger charge is 2.11. The van der Waals surface area contributed by atoms with Crippen LogP contribution in [0.2, 0.25) is 5.02 Å². The molecule has 0 unspecified atom stereocenters. The summed E-state index contributed by atoms with van der Waals surface area (Å²) in [6, 6.07) is 9.71. The second-order valence-corrected chi connectivity index (χ2v) is 4.89. The molecule has 0 saturated carbocycles. The molecular formula is C16H13ClFNO4. The quantitative estimate of drug-likeness (QED) is 0.850. The smallest absolute Gasteiger partial charge is 0.338 e. The van der Waals surface area contributed by atoms with Gasteiger partial charge in [-0.15, -0.1) is 0 Å². The van der Waals surface area contributed by atoms with E-state index in [-0.39, 0.29) is 5.56 Å². The number of carbonyl (C=O) groups is 2. The fourth-order valence-corrected chi connectivity index (χ4v) is 2.03. The summed E-state index contributed by atoms with van der Waals surface area (Å²) in [7, 11) is 1.48. The average Bonchev–Trinajstić information content (AvgIpc) is 2.53. The maximum absolute atomic E-state index is 13.0. The lowest BCUT2D eigenvalue weighted by molar-refractivity contribution is -0.119. The molecule has 0 aliphatic rings. The molecule has 0 spiro atoms. The number of hydrogen-bond acceptors (Lipinski definition) is 4. The Kier molecular flexibility index (Phi) is 5.54. The highest BCUT2D eigenvalue weighted by molar-refractivity contribution is 6.32. The van der Waals surface area contributed by atoms with Gasteiger partial charge in [-0.05, 0) is 36.4 Å². The lowest BCUT2D eigenvalue weighted by atomic mass is 10.2. The molecule has 0 aromatic heterocycles. The Bertz CT molecular complexity index is 736. The minimum absolute atomic E-state index is 0.0327. The van der Waals surface area contributed by atoms with E-state index in [9.17, 15) is 14.0 Å². The third kappa shape index (κ3) is 4.69. The number of methoxy groups -OCH3 is 1. The van der Waals surface area contributed by atoms with Crippen molar-refractivity contribution < 1.29 is 23.5 Å². The van der Waals surface area contributed by atoms with Gasteiger partial charge in [0.2, 0.25) is 0 Å². The van der Waals surface area contributed by atoms with Crippen LogP contribution in [0.25, 0.3) is 0 Å². The number of carbonyl (C=O) groups excluding carboxylic acids is 2. The molecule has 2 aromatic rings. The summed E-state index contributed by atoms with van der Waals surface area (Å²) in [5.41, 5.74) is 0.466. The van der Waals surface area contributed by atoms with Gasteiger partial charge in [0.15, 0.2) is 6.61 Å². The topological polar surface area (TPSA) is 64.6 Å². The van der Waals surface area contributed by atoms with Crippen molar-refractivity contribution in [2.24, 2.45) is 0 Å². The fourth-order valence-electron chi connectivity index (χ4n) is 1.77. The standard InChI is InChI=1S/C16H13ClFNO4/c1-22-14-6-5-12(8-13(14)17)19-15(20)9-23-16(21)10-3-2-4-11(18)7-10/h2-8H,9H2,1H3,(H,19,20). The van der Waals surface area contributed by atoms with Gasteiger partial charge >= 0.3 is 5.97 Å². The second kappa shape index (κ2) is 7.60. The minimum Gasteiger partial charge on any atom is -0.495 e. The van der Waals surface area contributed by atoms with Crippen molar-refractivity contribution in [1.82, 2.24) is 0 Å². The average molecular weight is 338 g/mol. The van der Waals surface area contributed by atoms with E-state index in [0.29, 0.717) is 16.5 Å². The highest BCUT2D eigenvalue weighted by Crippen LogP contribution is 2.27. The van der Waals surface area contributed by atoms with Crippen molar-refractivity contribution in [3.63, 3.8) is 0 Å². The largest absolute Gasteiger partial charge is 0.495 e. The first-order chi connectivity index (χ1) is 11.0. The van der Waals surface area contributed by atoms with E-state index in [4.69, 9.17) is 21.1 Å². The van der Waals surface area contributed by atoms with Crippen LogP contribution >= 0.6 is 11.6 Å². The Hall–Kier alpha value is -2.60. The zero-order valence-corrected chi connectivity index (χ0v) is 12.9. The van der Waals surface area contributed by atoms with Gasteiger partial charge in [-0.3, -0.25) is 4.79 Å². The van der Waals surface area contributed by atoms with Gasteiger partial charge in [0.25, 0.3) is 5.91 Å². The molecule has 0 heterocycles. The molecule has 0 atom stereocenters. The SMILES string of the molecule is COc1ccc(NC(=O)COC(=O)c2cccc(F)c2)cc1Cl. The Morgan fingerprint density at radius 2 is 2.00 bits per heavy atom. The molecule has 0 bridgehead atoms. The number of anilines is 1. The second-order valence-electron chi connectivity index (χ2n) is 4.48. The van der Waals surface area contributed by atoms with Crippen LogP contribution in [0.1, 0.15) is 10.4 Å². The lowest BCUT2D eigenvalue weighted by Crippen LogP contribution is -2.21. The third-order valence-corrected chi connectivity index (χ3v) is 3.13. The first-order valence-electron chi connectivity index (χ1n) is 6.55. The molecule has 2 aromatic carbocycles. The van der Waals surface area contributed by atoms with Crippen molar-refractivity contribution in [3.05, 3.63) is 58.9 Å². The van der Waals surface area contributed by atoms with Crippen molar-refractivity contribution in [2.45, 2.75) is 0 Å². The zero-order chi connectivity index (χ0) is 16.8. The third-order valence-electron chi connectivity index (χ3n) is 2.83. The van der Waals surface area contributed by atoms with Gasteiger partial charge in [-0.25, -0.2) is 9.18 Å². The van der Waals surface area contributed by atoms with E-state index >= 15 is 0 Å². The number of hydrogen-bond donors (Lipinski definition) is 1. The summed E-state index contributed by atoms with van der Waals surface area (Å²) in [6.07, 6.45) is 0. The molecule has 2 rings (SSSR count). The summed E-state index contributed by atoms with van der Waals surface area (Å²) < 4.78 is 22.8. The molecule has 0 radical (unpaired) electrons. The first-order valence-corrected chi connectivity index (χ1v) is 6.93. The van der Waals surface area contributed by atoms with E-state index in [1.165, 1.54) is 31.4 Å². The van der Waals surface area contributed by atoms with Crippen LogP contribution < -0.4 is 10.1 Å². The van der Waals surface area contributed by atoms with Gasteiger partial charge in [0, 0.05) is 5.69 Å². The molecule has 23 heavy (non-hydrogen) atoms. The number of benzene rings is 2. The number of ether oxygens (including phenoxy) is 2. The molecule has 0 fully saturated rings. The Balaban J connectivity index is 1.90. The van der Waals surface area contributed by atoms with Crippen molar-refractivity contribution in [3.8, 4) is 5.75 Å². The normalized spacial score (nSPS) is 10.0. The Morgan fingerprint density at radius 3 is 2.65 bits per heavy atom. The van der Waals surface area contributed by atoms with Gasteiger partial charge < -0.3 is 14.8 Å². The first kappa shape index (κ1) is 16.8. The van der Waals surface area contributed by atoms with Crippen LogP contribution in [-0.2, 0) is 9.53 Å². The van der Waals surface area contributed by atoms with Gasteiger partial charge in [-0.1, -0.05) is 17.7 Å². The van der Waals surface area contributed by atoms with Crippen molar-refractivity contribution in [2.75, 3.05) is 19.0 Å². The van der Waals surface area contributed by atoms with Crippen LogP contribution in [0.4, 0.5) is 10.1 Å². The van der Waals surface area contributed by atoms with Gasteiger partial charge in [-0.2, -0.15) is 0 Å². The zero-order valence-electron chi connectivity index (χ0n) is 12.1. The van der Waals surface area contributed by atoms with Crippen molar-refractivity contribution in [1.29, 1.82) is 0 Å². The minimum atomic E-state index is -0.785. The molecule has 5 nitrogen and oxygen atoms in total. The fraction of sp³-hybridized carbons (Fsp3) is 0.125. The summed E-state index contributed by atoms with van der Waals surface area (Å²) in [5, 5.41) is 2.86. The molecule has 0 aliphatic carbocycles. The van der Waals surface area contributed by atoms with Crippen LogP contribution in [-0.4, -0.2) is 25.6 Å². The summed E-state index contributed by atoms with van der Waals surface area (Å²) in [4.78, 5) is 23.4. The number of esters is 1. The number of rotatable bonds is 5. The number of halogens is 2. The molecule has 1 amide bonds. The van der Waals surface area contributed by atoms with Crippen LogP contribution in [0.5, 0.6) is 5.75 Å². The summed E-state index contributed by atoms with van der Waals surface area (Å²) in [6.45, 7) is -0.501. The monoisotopic (exact) mass is 337 g/mol.